The number of aryl methyl sites for hydroxylation is 1. The summed E-state index contributed by atoms with van der Waals surface area (Å²) in [5, 5.41) is 1.60. The van der Waals surface area contributed by atoms with Crippen molar-refractivity contribution in [3.63, 3.8) is 0 Å². The van der Waals surface area contributed by atoms with Gasteiger partial charge in [-0.2, -0.15) is 0 Å². The summed E-state index contributed by atoms with van der Waals surface area (Å²) in [7, 11) is 0. The van der Waals surface area contributed by atoms with Gasteiger partial charge in [-0.1, -0.05) is 6.07 Å². The Morgan fingerprint density at radius 1 is 1.24 bits per heavy atom. The fourth-order valence-electron chi connectivity index (χ4n) is 1.90. The van der Waals surface area contributed by atoms with E-state index in [4.69, 9.17) is 4.74 Å². The van der Waals surface area contributed by atoms with Crippen molar-refractivity contribution < 1.29 is 4.74 Å². The van der Waals surface area contributed by atoms with E-state index < -0.39 is 0 Å². The van der Waals surface area contributed by atoms with Gasteiger partial charge in [0.15, 0.2) is 0 Å². The van der Waals surface area contributed by atoms with Gasteiger partial charge in [-0.3, -0.25) is 4.79 Å². The third-order valence-electron chi connectivity index (χ3n) is 2.68. The summed E-state index contributed by atoms with van der Waals surface area (Å²) in [4.78, 5) is 12.1. The van der Waals surface area contributed by atoms with Gasteiger partial charge in [0.1, 0.15) is 5.75 Å². The minimum atomic E-state index is 0.0409. The van der Waals surface area contributed by atoms with E-state index in [0.29, 0.717) is 11.9 Å². The maximum Gasteiger partial charge on any atom is 0.258 e. The average Bonchev–Trinajstić information content (AvgIpc) is 2.30. The molecule has 1 aromatic heterocycles. The van der Waals surface area contributed by atoms with Crippen LogP contribution in [0.15, 0.2) is 35.3 Å². The number of hydrogen-bond donors (Lipinski definition) is 0. The first-order chi connectivity index (χ1) is 8.13. The second-order valence-corrected chi connectivity index (χ2v) is 4.29. The molecule has 0 saturated carbocycles. The van der Waals surface area contributed by atoms with E-state index in [2.05, 4.69) is 0 Å². The van der Waals surface area contributed by atoms with Crippen LogP contribution >= 0.6 is 0 Å². The second-order valence-electron chi connectivity index (χ2n) is 4.29. The second kappa shape index (κ2) is 4.62. The Hall–Kier alpha value is -1.77. The van der Waals surface area contributed by atoms with Gasteiger partial charge in [-0.05, 0) is 39.0 Å². The number of hydrogen-bond acceptors (Lipinski definition) is 2. The molecule has 1 heterocycles. The van der Waals surface area contributed by atoms with Crippen LogP contribution in [0.1, 0.15) is 20.8 Å². The van der Waals surface area contributed by atoms with Crippen LogP contribution in [0.25, 0.3) is 10.8 Å². The lowest BCUT2D eigenvalue weighted by atomic mass is 10.1. The van der Waals surface area contributed by atoms with E-state index in [1.165, 1.54) is 0 Å². The first-order valence-electron chi connectivity index (χ1n) is 5.92. The minimum Gasteiger partial charge on any atom is -0.490 e. The summed E-state index contributed by atoms with van der Waals surface area (Å²) in [6, 6.07) is 7.55. The number of fused-ring (bicyclic) bond motifs is 1. The van der Waals surface area contributed by atoms with Crippen LogP contribution in [0.2, 0.25) is 0 Å². The molecule has 0 aliphatic carbocycles. The van der Waals surface area contributed by atoms with Gasteiger partial charge in [0.2, 0.25) is 0 Å². The zero-order chi connectivity index (χ0) is 12.4. The molecule has 0 amide bonds. The molecule has 3 heteroatoms. The quantitative estimate of drug-likeness (QED) is 0.813. The van der Waals surface area contributed by atoms with Crippen molar-refractivity contribution in [3.05, 3.63) is 40.8 Å². The van der Waals surface area contributed by atoms with Crippen molar-refractivity contribution >= 4 is 10.8 Å². The Labute approximate surface area is 101 Å². The van der Waals surface area contributed by atoms with Gasteiger partial charge >= 0.3 is 0 Å². The molecule has 0 bridgehead atoms. The summed E-state index contributed by atoms with van der Waals surface area (Å²) in [6.45, 7) is 6.60. The maximum atomic E-state index is 12.1. The standard InChI is InChI=1S/C14H17NO2/c1-4-15-9-8-11-12(14(15)16)6-5-7-13(11)17-10(2)3/h5-10H,4H2,1-3H3. The Morgan fingerprint density at radius 3 is 2.65 bits per heavy atom. The Morgan fingerprint density at radius 2 is 2.00 bits per heavy atom. The third-order valence-corrected chi connectivity index (χ3v) is 2.68. The molecule has 0 aliphatic rings. The van der Waals surface area contributed by atoms with Gasteiger partial charge in [-0.15, -0.1) is 0 Å². The lowest BCUT2D eigenvalue weighted by Crippen LogP contribution is -2.18. The zero-order valence-electron chi connectivity index (χ0n) is 10.4. The maximum absolute atomic E-state index is 12.1. The van der Waals surface area contributed by atoms with Gasteiger partial charge in [-0.25, -0.2) is 0 Å². The van der Waals surface area contributed by atoms with Crippen molar-refractivity contribution in [2.75, 3.05) is 0 Å². The fraction of sp³-hybridized carbons (Fsp3) is 0.357. The molecular formula is C14H17NO2. The summed E-state index contributed by atoms with van der Waals surface area (Å²) in [5.41, 5.74) is 0.0409. The molecule has 0 fully saturated rings. The number of benzene rings is 1. The van der Waals surface area contributed by atoms with Crippen molar-refractivity contribution in [1.29, 1.82) is 0 Å². The molecule has 0 unspecified atom stereocenters. The molecule has 2 rings (SSSR count). The fourth-order valence-corrected chi connectivity index (χ4v) is 1.90. The highest BCUT2D eigenvalue weighted by molar-refractivity contribution is 5.87. The molecule has 0 N–H and O–H groups in total. The van der Waals surface area contributed by atoms with Crippen molar-refractivity contribution in [2.24, 2.45) is 0 Å². The molecule has 2 aromatic rings. The number of ether oxygens (including phenoxy) is 1. The predicted molar refractivity (Wildman–Crippen MR) is 69.6 cm³/mol. The van der Waals surface area contributed by atoms with Crippen molar-refractivity contribution in [3.8, 4) is 5.75 Å². The van der Waals surface area contributed by atoms with Crippen LogP contribution < -0.4 is 10.3 Å². The summed E-state index contributed by atoms with van der Waals surface area (Å²) >= 11 is 0. The highest BCUT2D eigenvalue weighted by Gasteiger charge is 2.07. The largest absolute Gasteiger partial charge is 0.490 e. The van der Waals surface area contributed by atoms with Gasteiger partial charge in [0.25, 0.3) is 5.56 Å². The van der Waals surface area contributed by atoms with E-state index in [9.17, 15) is 4.79 Å². The van der Waals surface area contributed by atoms with Gasteiger partial charge in [0.05, 0.1) is 11.5 Å². The molecule has 0 spiro atoms. The smallest absolute Gasteiger partial charge is 0.258 e. The molecule has 1 aromatic carbocycles. The zero-order valence-corrected chi connectivity index (χ0v) is 10.4. The normalized spacial score (nSPS) is 11.1. The van der Waals surface area contributed by atoms with Gasteiger partial charge in [0, 0.05) is 18.1 Å². The SMILES string of the molecule is CCn1ccc2c(OC(C)C)cccc2c1=O. The van der Waals surface area contributed by atoms with E-state index in [-0.39, 0.29) is 11.7 Å². The molecule has 0 radical (unpaired) electrons. The van der Waals surface area contributed by atoms with E-state index in [1.807, 2.05) is 51.2 Å². The van der Waals surface area contributed by atoms with Crippen LogP contribution in [0.5, 0.6) is 5.75 Å². The number of pyridine rings is 1. The molecule has 3 nitrogen and oxygen atoms in total. The molecule has 17 heavy (non-hydrogen) atoms. The molecule has 0 aliphatic heterocycles. The molecule has 0 saturated heterocycles. The highest BCUT2D eigenvalue weighted by atomic mass is 16.5. The average molecular weight is 231 g/mol. The highest BCUT2D eigenvalue weighted by Crippen LogP contribution is 2.23. The topological polar surface area (TPSA) is 31.2 Å². The van der Waals surface area contributed by atoms with E-state index in [0.717, 1.165) is 11.1 Å². The Balaban J connectivity index is 2.66. The Kier molecular flexibility index (Phi) is 3.18. The van der Waals surface area contributed by atoms with Crippen LogP contribution in [-0.2, 0) is 6.54 Å². The number of aromatic nitrogens is 1. The summed E-state index contributed by atoms with van der Waals surface area (Å²) < 4.78 is 7.40. The van der Waals surface area contributed by atoms with Crippen LogP contribution in [0.3, 0.4) is 0 Å². The third kappa shape index (κ3) is 2.18. The van der Waals surface area contributed by atoms with Crippen molar-refractivity contribution in [1.82, 2.24) is 4.57 Å². The van der Waals surface area contributed by atoms with Crippen molar-refractivity contribution in [2.45, 2.75) is 33.4 Å². The molecular weight excluding hydrogens is 214 g/mol. The van der Waals surface area contributed by atoms with E-state index >= 15 is 0 Å². The molecule has 0 atom stereocenters. The lowest BCUT2D eigenvalue weighted by Gasteiger charge is -2.12. The van der Waals surface area contributed by atoms with Gasteiger partial charge < -0.3 is 9.30 Å². The minimum absolute atomic E-state index is 0.0409. The number of nitrogens with zero attached hydrogens (tertiary/aromatic N) is 1. The lowest BCUT2D eigenvalue weighted by molar-refractivity contribution is 0.245. The monoisotopic (exact) mass is 231 g/mol. The van der Waals surface area contributed by atoms with Crippen LogP contribution in [-0.4, -0.2) is 10.7 Å². The first-order valence-corrected chi connectivity index (χ1v) is 5.92. The summed E-state index contributed by atoms with van der Waals surface area (Å²) in [6.07, 6.45) is 1.92. The summed E-state index contributed by atoms with van der Waals surface area (Å²) in [5.74, 6) is 0.776. The van der Waals surface area contributed by atoms with Crippen LogP contribution in [0, 0.1) is 0 Å². The number of rotatable bonds is 3. The predicted octanol–water partition coefficient (Wildman–Crippen LogP) is 2.81. The van der Waals surface area contributed by atoms with Crippen LogP contribution in [0.4, 0.5) is 0 Å². The van der Waals surface area contributed by atoms with E-state index in [1.54, 1.807) is 4.57 Å². The molecule has 90 valence electrons. The first kappa shape index (κ1) is 11.7. The Bertz CT molecular complexity index is 584.